The number of amides is 2. The van der Waals surface area contributed by atoms with Crippen molar-refractivity contribution in [3.8, 4) is 11.5 Å². The van der Waals surface area contributed by atoms with Crippen molar-refractivity contribution in [2.45, 2.75) is 13.0 Å². The molecule has 7 heteroatoms. The van der Waals surface area contributed by atoms with Gasteiger partial charge in [0.25, 0.3) is 5.91 Å². The molecule has 0 saturated heterocycles. The van der Waals surface area contributed by atoms with Gasteiger partial charge in [-0.05, 0) is 41.3 Å². The van der Waals surface area contributed by atoms with Gasteiger partial charge in [-0.1, -0.05) is 24.3 Å². The summed E-state index contributed by atoms with van der Waals surface area (Å²) < 4.78 is 10.6. The third-order valence-corrected chi connectivity index (χ3v) is 5.13. The van der Waals surface area contributed by atoms with Crippen LogP contribution in [0.1, 0.15) is 20.8 Å². The molecule has 0 bridgehead atoms. The van der Waals surface area contributed by atoms with Gasteiger partial charge >= 0.3 is 0 Å². The van der Waals surface area contributed by atoms with Crippen LogP contribution in [0.5, 0.6) is 11.5 Å². The van der Waals surface area contributed by atoms with Crippen molar-refractivity contribution < 1.29 is 19.1 Å². The maximum absolute atomic E-state index is 12.7. The number of thiophene rings is 1. The lowest BCUT2D eigenvalue weighted by atomic mass is 10.1. The molecule has 3 aromatic rings. The average Bonchev–Trinajstić information content (AvgIpc) is 3.37. The van der Waals surface area contributed by atoms with Gasteiger partial charge in [0.1, 0.15) is 0 Å². The van der Waals surface area contributed by atoms with Gasteiger partial charge in [0.05, 0.1) is 17.7 Å². The zero-order chi connectivity index (χ0) is 19.3. The second-order valence-electron chi connectivity index (χ2n) is 6.22. The number of hydrogen-bond acceptors (Lipinski definition) is 5. The molecule has 0 atom stereocenters. The van der Waals surface area contributed by atoms with Crippen LogP contribution in [0, 0.1) is 0 Å². The SMILES string of the molecule is O=C(Cc1cccs1)Nc1ccccc1C(=O)NCc1ccc2c(c1)OCO2. The molecule has 4 rings (SSSR count). The Kier molecular flexibility index (Phi) is 5.25. The molecule has 2 amide bonds. The summed E-state index contributed by atoms with van der Waals surface area (Å²) in [4.78, 5) is 25.9. The summed E-state index contributed by atoms with van der Waals surface area (Å²) >= 11 is 1.53. The number of hydrogen-bond donors (Lipinski definition) is 2. The normalized spacial score (nSPS) is 11.9. The van der Waals surface area contributed by atoms with E-state index in [1.807, 2.05) is 35.7 Å². The first kappa shape index (κ1) is 18.1. The first-order chi connectivity index (χ1) is 13.7. The molecule has 2 heterocycles. The van der Waals surface area contributed by atoms with Crippen LogP contribution >= 0.6 is 11.3 Å². The second kappa shape index (κ2) is 8.14. The smallest absolute Gasteiger partial charge is 0.253 e. The maximum atomic E-state index is 12.7. The van der Waals surface area contributed by atoms with Crippen molar-refractivity contribution in [1.82, 2.24) is 5.32 Å². The van der Waals surface area contributed by atoms with Crippen LogP contribution in [0.25, 0.3) is 0 Å². The van der Waals surface area contributed by atoms with E-state index in [9.17, 15) is 9.59 Å². The third-order valence-electron chi connectivity index (χ3n) is 4.25. The van der Waals surface area contributed by atoms with Crippen LogP contribution in [-0.4, -0.2) is 18.6 Å². The highest BCUT2D eigenvalue weighted by Gasteiger charge is 2.16. The zero-order valence-electron chi connectivity index (χ0n) is 14.9. The number of ether oxygens (including phenoxy) is 2. The Labute approximate surface area is 166 Å². The molecule has 0 radical (unpaired) electrons. The Morgan fingerprint density at radius 3 is 2.71 bits per heavy atom. The molecular weight excluding hydrogens is 376 g/mol. The molecule has 0 aliphatic carbocycles. The maximum Gasteiger partial charge on any atom is 0.253 e. The van der Waals surface area contributed by atoms with Gasteiger partial charge < -0.3 is 20.1 Å². The van der Waals surface area contributed by atoms with Gasteiger partial charge in [0.15, 0.2) is 11.5 Å². The van der Waals surface area contributed by atoms with Gasteiger partial charge in [-0.25, -0.2) is 0 Å². The molecule has 1 aliphatic heterocycles. The highest BCUT2D eigenvalue weighted by atomic mass is 32.1. The number of benzene rings is 2. The molecule has 28 heavy (non-hydrogen) atoms. The Morgan fingerprint density at radius 2 is 1.86 bits per heavy atom. The number of rotatable bonds is 6. The lowest BCUT2D eigenvalue weighted by molar-refractivity contribution is -0.115. The number of para-hydroxylation sites is 1. The number of anilines is 1. The lowest BCUT2D eigenvalue weighted by Gasteiger charge is -2.11. The number of fused-ring (bicyclic) bond motifs is 1. The van der Waals surface area contributed by atoms with Crippen LogP contribution in [0.3, 0.4) is 0 Å². The third kappa shape index (κ3) is 4.15. The van der Waals surface area contributed by atoms with Gasteiger partial charge in [0.2, 0.25) is 12.7 Å². The highest BCUT2D eigenvalue weighted by molar-refractivity contribution is 7.10. The summed E-state index contributed by atoms with van der Waals surface area (Å²) in [5, 5.41) is 7.64. The molecule has 2 aromatic carbocycles. The van der Waals surface area contributed by atoms with Crippen molar-refractivity contribution in [3.05, 3.63) is 76.0 Å². The van der Waals surface area contributed by atoms with Crippen LogP contribution < -0.4 is 20.1 Å². The fourth-order valence-electron chi connectivity index (χ4n) is 2.88. The quantitative estimate of drug-likeness (QED) is 0.670. The Bertz CT molecular complexity index is 1000. The summed E-state index contributed by atoms with van der Waals surface area (Å²) in [6.07, 6.45) is 0.283. The van der Waals surface area contributed by atoms with E-state index in [-0.39, 0.29) is 25.0 Å². The van der Waals surface area contributed by atoms with Gasteiger partial charge in [0, 0.05) is 11.4 Å². The van der Waals surface area contributed by atoms with E-state index in [4.69, 9.17) is 9.47 Å². The molecule has 6 nitrogen and oxygen atoms in total. The van der Waals surface area contributed by atoms with Crippen LogP contribution in [0.4, 0.5) is 5.69 Å². The van der Waals surface area contributed by atoms with Gasteiger partial charge in [-0.15, -0.1) is 11.3 Å². The Balaban J connectivity index is 1.40. The van der Waals surface area contributed by atoms with Crippen molar-refractivity contribution in [3.63, 3.8) is 0 Å². The van der Waals surface area contributed by atoms with Crippen molar-refractivity contribution in [2.24, 2.45) is 0 Å². The van der Waals surface area contributed by atoms with E-state index in [0.717, 1.165) is 10.4 Å². The topological polar surface area (TPSA) is 76.7 Å². The molecule has 0 spiro atoms. The molecule has 1 aromatic heterocycles. The van der Waals surface area contributed by atoms with Gasteiger partial charge in [-0.3, -0.25) is 9.59 Å². The first-order valence-corrected chi connectivity index (χ1v) is 9.65. The van der Waals surface area contributed by atoms with Crippen molar-refractivity contribution in [2.75, 3.05) is 12.1 Å². The average molecular weight is 394 g/mol. The molecule has 0 unspecified atom stereocenters. The summed E-state index contributed by atoms with van der Waals surface area (Å²) in [7, 11) is 0. The molecule has 0 saturated carbocycles. The van der Waals surface area contributed by atoms with E-state index in [1.165, 1.54) is 11.3 Å². The van der Waals surface area contributed by atoms with E-state index in [1.54, 1.807) is 24.3 Å². The van der Waals surface area contributed by atoms with Crippen molar-refractivity contribution in [1.29, 1.82) is 0 Å². The fourth-order valence-corrected chi connectivity index (χ4v) is 3.59. The number of nitrogens with one attached hydrogen (secondary N) is 2. The molecule has 0 fully saturated rings. The van der Waals surface area contributed by atoms with Crippen LogP contribution in [0.15, 0.2) is 60.0 Å². The first-order valence-electron chi connectivity index (χ1n) is 8.77. The highest BCUT2D eigenvalue weighted by Crippen LogP contribution is 2.32. The Morgan fingerprint density at radius 1 is 1.00 bits per heavy atom. The summed E-state index contributed by atoms with van der Waals surface area (Å²) in [5.41, 5.74) is 1.81. The Hall–Kier alpha value is -3.32. The molecule has 2 N–H and O–H groups in total. The van der Waals surface area contributed by atoms with Crippen LogP contribution in [0.2, 0.25) is 0 Å². The van der Waals surface area contributed by atoms with Gasteiger partial charge in [-0.2, -0.15) is 0 Å². The zero-order valence-corrected chi connectivity index (χ0v) is 15.8. The largest absolute Gasteiger partial charge is 0.454 e. The minimum absolute atomic E-state index is 0.154. The predicted octanol–water partition coefficient (Wildman–Crippen LogP) is 3.59. The molecule has 142 valence electrons. The summed E-state index contributed by atoms with van der Waals surface area (Å²) in [6.45, 7) is 0.552. The summed E-state index contributed by atoms with van der Waals surface area (Å²) in [6, 6.07) is 16.3. The fraction of sp³-hybridized carbons (Fsp3) is 0.143. The summed E-state index contributed by atoms with van der Waals surface area (Å²) in [5.74, 6) is 0.963. The molecular formula is C21H18N2O4S. The number of carbonyl (C=O) groups excluding carboxylic acids is 2. The van der Waals surface area contributed by atoms with E-state index < -0.39 is 0 Å². The van der Waals surface area contributed by atoms with E-state index in [0.29, 0.717) is 29.3 Å². The standard InChI is InChI=1S/C21H18N2O4S/c24-20(11-15-4-3-9-28-15)23-17-6-2-1-5-16(17)21(25)22-12-14-7-8-18-19(10-14)27-13-26-18/h1-10H,11-13H2,(H,22,25)(H,23,24). The van der Waals surface area contributed by atoms with E-state index >= 15 is 0 Å². The second-order valence-corrected chi connectivity index (χ2v) is 7.25. The number of carbonyl (C=O) groups is 2. The monoisotopic (exact) mass is 394 g/mol. The molecule has 1 aliphatic rings. The lowest BCUT2D eigenvalue weighted by Crippen LogP contribution is -2.25. The van der Waals surface area contributed by atoms with Crippen LogP contribution in [-0.2, 0) is 17.8 Å². The van der Waals surface area contributed by atoms with Crippen molar-refractivity contribution >= 4 is 28.8 Å². The minimum atomic E-state index is -0.260. The predicted molar refractivity (Wildman–Crippen MR) is 107 cm³/mol. The van der Waals surface area contributed by atoms with E-state index in [2.05, 4.69) is 10.6 Å². The minimum Gasteiger partial charge on any atom is -0.454 e.